The highest BCUT2D eigenvalue weighted by Crippen LogP contribution is 2.54. The number of hydrogen-bond acceptors (Lipinski definition) is 3. The Balaban J connectivity index is 1.76. The zero-order valence-corrected chi connectivity index (χ0v) is 9.87. The van der Waals surface area contributed by atoms with Gasteiger partial charge in [-0.1, -0.05) is 12.1 Å². The number of fused-ring (bicyclic) bond motifs is 2. The third-order valence-electron chi connectivity index (χ3n) is 4.55. The van der Waals surface area contributed by atoms with Gasteiger partial charge in [-0.05, 0) is 36.8 Å². The van der Waals surface area contributed by atoms with E-state index in [1.54, 1.807) is 24.3 Å². The summed E-state index contributed by atoms with van der Waals surface area (Å²) >= 11 is 0. The fourth-order valence-electron chi connectivity index (χ4n) is 3.63. The van der Waals surface area contributed by atoms with Crippen molar-refractivity contribution in [2.45, 2.75) is 24.9 Å². The molecule has 4 rings (SSSR count). The first-order chi connectivity index (χ1) is 8.68. The van der Waals surface area contributed by atoms with Gasteiger partial charge < -0.3 is 5.73 Å². The van der Waals surface area contributed by atoms with Crippen molar-refractivity contribution in [3.63, 3.8) is 0 Å². The van der Waals surface area contributed by atoms with Crippen LogP contribution in [0.3, 0.4) is 0 Å². The zero-order valence-electron chi connectivity index (χ0n) is 9.87. The highest BCUT2D eigenvalue weighted by atomic mass is 16.2. The van der Waals surface area contributed by atoms with E-state index in [0.29, 0.717) is 23.0 Å². The van der Waals surface area contributed by atoms with Crippen LogP contribution in [0.5, 0.6) is 0 Å². The summed E-state index contributed by atoms with van der Waals surface area (Å²) in [6, 6.07) is 6.91. The molecular formula is C14H14N2O2. The van der Waals surface area contributed by atoms with Gasteiger partial charge in [0.2, 0.25) is 0 Å². The van der Waals surface area contributed by atoms with Gasteiger partial charge in [0.05, 0.1) is 17.2 Å². The molecule has 4 heteroatoms. The quantitative estimate of drug-likeness (QED) is 0.748. The molecule has 0 bridgehead atoms. The summed E-state index contributed by atoms with van der Waals surface area (Å²) in [5.74, 6) is 0.753. The highest BCUT2D eigenvalue weighted by Gasteiger charge is 2.58. The molecule has 0 spiro atoms. The third-order valence-corrected chi connectivity index (χ3v) is 4.55. The summed E-state index contributed by atoms with van der Waals surface area (Å²) in [5, 5.41) is 0. The number of imide groups is 1. The Kier molecular flexibility index (Phi) is 1.83. The molecule has 2 aliphatic carbocycles. The number of nitrogens with two attached hydrogens (primary N) is 1. The van der Waals surface area contributed by atoms with Crippen LogP contribution in [0.4, 0.5) is 0 Å². The zero-order chi connectivity index (χ0) is 12.4. The van der Waals surface area contributed by atoms with Crippen molar-refractivity contribution < 1.29 is 9.59 Å². The molecule has 0 saturated heterocycles. The van der Waals surface area contributed by atoms with Gasteiger partial charge in [-0.3, -0.25) is 14.5 Å². The van der Waals surface area contributed by atoms with Crippen molar-refractivity contribution >= 4 is 11.8 Å². The summed E-state index contributed by atoms with van der Waals surface area (Å²) in [4.78, 5) is 26.1. The molecule has 2 amide bonds. The van der Waals surface area contributed by atoms with Crippen molar-refractivity contribution in [2.75, 3.05) is 0 Å². The Labute approximate surface area is 105 Å². The maximum absolute atomic E-state index is 12.4. The fourth-order valence-corrected chi connectivity index (χ4v) is 3.63. The first-order valence-electron chi connectivity index (χ1n) is 6.41. The highest BCUT2D eigenvalue weighted by molar-refractivity contribution is 6.21. The van der Waals surface area contributed by atoms with Crippen LogP contribution < -0.4 is 5.73 Å². The summed E-state index contributed by atoms with van der Waals surface area (Å²) < 4.78 is 0. The van der Waals surface area contributed by atoms with E-state index < -0.39 is 0 Å². The molecule has 1 heterocycles. The Morgan fingerprint density at radius 2 is 1.67 bits per heavy atom. The molecule has 92 valence electrons. The average molecular weight is 242 g/mol. The number of carbonyl (C=O) groups is 2. The van der Waals surface area contributed by atoms with Crippen molar-refractivity contribution in [1.82, 2.24) is 4.90 Å². The molecule has 2 N–H and O–H groups in total. The third kappa shape index (κ3) is 1.13. The largest absolute Gasteiger partial charge is 0.326 e. The Morgan fingerprint density at radius 3 is 2.17 bits per heavy atom. The summed E-state index contributed by atoms with van der Waals surface area (Å²) in [6.07, 6.45) is 2.06. The minimum atomic E-state index is -0.163. The van der Waals surface area contributed by atoms with Crippen LogP contribution in [0.1, 0.15) is 33.6 Å². The summed E-state index contributed by atoms with van der Waals surface area (Å²) in [7, 11) is 0. The standard InChI is InChI=1S/C14H14N2O2/c15-11-6-7-5-10(7)12(11)16-13(17)8-3-1-2-4-9(8)14(16)18/h1-4,7,10-12H,5-6,15H2. The van der Waals surface area contributed by atoms with Crippen molar-refractivity contribution in [3.8, 4) is 0 Å². The van der Waals surface area contributed by atoms with Gasteiger partial charge in [0.25, 0.3) is 11.8 Å². The topological polar surface area (TPSA) is 63.4 Å². The lowest BCUT2D eigenvalue weighted by molar-refractivity contribution is 0.0555. The number of amides is 2. The Morgan fingerprint density at radius 1 is 1.06 bits per heavy atom. The van der Waals surface area contributed by atoms with Crippen LogP contribution in [0.25, 0.3) is 0 Å². The van der Waals surface area contributed by atoms with Crippen molar-refractivity contribution in [1.29, 1.82) is 0 Å². The molecule has 2 saturated carbocycles. The van der Waals surface area contributed by atoms with Crippen LogP contribution >= 0.6 is 0 Å². The molecule has 3 aliphatic rings. The van der Waals surface area contributed by atoms with E-state index >= 15 is 0 Å². The molecule has 4 unspecified atom stereocenters. The maximum Gasteiger partial charge on any atom is 0.261 e. The summed E-state index contributed by atoms with van der Waals surface area (Å²) in [5.41, 5.74) is 7.15. The van der Waals surface area contributed by atoms with Crippen LogP contribution in [0.15, 0.2) is 24.3 Å². The fraction of sp³-hybridized carbons (Fsp3) is 0.429. The van der Waals surface area contributed by atoms with Crippen LogP contribution in [0.2, 0.25) is 0 Å². The SMILES string of the molecule is NC1CC2CC2C1N1C(=O)c2ccccc2C1=O. The van der Waals surface area contributed by atoms with Crippen LogP contribution in [-0.4, -0.2) is 28.8 Å². The molecule has 1 aliphatic heterocycles. The molecule has 1 aromatic rings. The van der Waals surface area contributed by atoms with Gasteiger partial charge in [0.15, 0.2) is 0 Å². The first-order valence-corrected chi connectivity index (χ1v) is 6.41. The lowest BCUT2D eigenvalue weighted by Crippen LogP contribution is -2.49. The molecule has 18 heavy (non-hydrogen) atoms. The predicted octanol–water partition coefficient (Wildman–Crippen LogP) is 1.02. The first kappa shape index (κ1) is 10.3. The van der Waals surface area contributed by atoms with Crippen LogP contribution in [-0.2, 0) is 0 Å². The molecule has 2 fully saturated rings. The van der Waals surface area contributed by atoms with Gasteiger partial charge in [0.1, 0.15) is 0 Å². The van der Waals surface area contributed by atoms with E-state index in [4.69, 9.17) is 5.73 Å². The molecule has 1 aromatic carbocycles. The van der Waals surface area contributed by atoms with Gasteiger partial charge >= 0.3 is 0 Å². The summed E-state index contributed by atoms with van der Waals surface area (Å²) in [6.45, 7) is 0. The normalized spacial score (nSPS) is 36.8. The number of benzene rings is 1. The van der Waals surface area contributed by atoms with Crippen LogP contribution in [0, 0.1) is 11.8 Å². The number of hydrogen-bond donors (Lipinski definition) is 1. The number of carbonyl (C=O) groups excluding carboxylic acids is 2. The van der Waals surface area contributed by atoms with E-state index in [2.05, 4.69) is 0 Å². The van der Waals surface area contributed by atoms with Crippen molar-refractivity contribution in [3.05, 3.63) is 35.4 Å². The van der Waals surface area contributed by atoms with E-state index in [1.807, 2.05) is 0 Å². The number of rotatable bonds is 1. The average Bonchev–Trinajstić information content (AvgIpc) is 2.98. The minimum absolute atomic E-state index is 0.0454. The molecule has 4 atom stereocenters. The number of nitrogens with zero attached hydrogens (tertiary/aromatic N) is 1. The van der Waals surface area contributed by atoms with E-state index in [9.17, 15) is 9.59 Å². The second kappa shape index (κ2) is 3.20. The molecule has 0 aromatic heterocycles. The monoisotopic (exact) mass is 242 g/mol. The minimum Gasteiger partial charge on any atom is -0.326 e. The Bertz CT molecular complexity index is 532. The predicted molar refractivity (Wildman–Crippen MR) is 64.9 cm³/mol. The van der Waals surface area contributed by atoms with E-state index in [1.165, 1.54) is 4.90 Å². The van der Waals surface area contributed by atoms with Gasteiger partial charge in [-0.2, -0.15) is 0 Å². The van der Waals surface area contributed by atoms with Gasteiger partial charge in [-0.25, -0.2) is 0 Å². The maximum atomic E-state index is 12.4. The lowest BCUT2D eigenvalue weighted by atomic mass is 10.1. The second-order valence-corrected chi connectivity index (χ2v) is 5.58. The van der Waals surface area contributed by atoms with Gasteiger partial charge in [-0.15, -0.1) is 0 Å². The molecule has 4 nitrogen and oxygen atoms in total. The van der Waals surface area contributed by atoms with E-state index in [0.717, 1.165) is 12.8 Å². The second-order valence-electron chi connectivity index (χ2n) is 5.58. The van der Waals surface area contributed by atoms with Crippen molar-refractivity contribution in [2.24, 2.45) is 17.6 Å². The molecule has 0 radical (unpaired) electrons. The lowest BCUT2D eigenvalue weighted by Gasteiger charge is -2.27. The van der Waals surface area contributed by atoms with Gasteiger partial charge in [0, 0.05) is 6.04 Å². The molecular weight excluding hydrogens is 228 g/mol. The Hall–Kier alpha value is -1.68. The smallest absolute Gasteiger partial charge is 0.261 e. The van der Waals surface area contributed by atoms with E-state index in [-0.39, 0.29) is 23.9 Å².